The highest BCUT2D eigenvalue weighted by molar-refractivity contribution is 5.70. The Kier molecular flexibility index (Phi) is 3.29. The van der Waals surface area contributed by atoms with Crippen molar-refractivity contribution in [1.82, 2.24) is 4.98 Å². The molecule has 2 aromatic rings. The Morgan fingerprint density at radius 1 is 1.17 bits per heavy atom. The Bertz CT molecular complexity index is 611. The summed E-state index contributed by atoms with van der Waals surface area (Å²) in [5.74, 6) is 0. The average molecular weight is 237 g/mol. The normalized spacial score (nSPS) is 9.89. The Labute approximate surface area is 107 Å². The summed E-state index contributed by atoms with van der Waals surface area (Å²) in [6.45, 7) is 4.14. The lowest BCUT2D eigenvalue weighted by molar-refractivity contribution is 1.14. The second-order valence-corrected chi connectivity index (χ2v) is 4.35. The fourth-order valence-corrected chi connectivity index (χ4v) is 2.06. The van der Waals surface area contributed by atoms with Crippen molar-refractivity contribution in [3.8, 4) is 6.07 Å². The molecule has 0 aliphatic rings. The molecule has 2 rings (SSSR count). The third kappa shape index (κ3) is 2.18. The van der Waals surface area contributed by atoms with Gasteiger partial charge >= 0.3 is 0 Å². The molecule has 0 atom stereocenters. The van der Waals surface area contributed by atoms with E-state index >= 15 is 0 Å². The number of hydrogen-bond donors (Lipinski definition) is 0. The molecule has 0 unspecified atom stereocenters. The fourth-order valence-electron chi connectivity index (χ4n) is 2.06. The molecule has 3 heteroatoms. The van der Waals surface area contributed by atoms with Gasteiger partial charge in [0.15, 0.2) is 0 Å². The molecule has 1 heterocycles. The summed E-state index contributed by atoms with van der Waals surface area (Å²) < 4.78 is 0. The maximum absolute atomic E-state index is 9.12. The van der Waals surface area contributed by atoms with Gasteiger partial charge < -0.3 is 4.90 Å². The van der Waals surface area contributed by atoms with Crippen molar-refractivity contribution in [2.75, 3.05) is 11.9 Å². The number of nitriles is 1. The molecular formula is C15H15N3. The minimum atomic E-state index is 0.632. The molecule has 0 bridgehead atoms. The molecule has 0 saturated heterocycles. The topological polar surface area (TPSA) is 39.9 Å². The van der Waals surface area contributed by atoms with Crippen molar-refractivity contribution in [3.63, 3.8) is 0 Å². The zero-order valence-corrected chi connectivity index (χ0v) is 10.8. The van der Waals surface area contributed by atoms with Crippen LogP contribution in [-0.4, -0.2) is 12.0 Å². The van der Waals surface area contributed by atoms with Gasteiger partial charge in [-0.25, -0.2) is 0 Å². The number of nitrogens with zero attached hydrogens (tertiary/aromatic N) is 3. The van der Waals surface area contributed by atoms with Gasteiger partial charge in [0.25, 0.3) is 0 Å². The monoisotopic (exact) mass is 237 g/mol. The molecule has 0 N–H and O–H groups in total. The van der Waals surface area contributed by atoms with Crippen LogP contribution in [0.3, 0.4) is 0 Å². The minimum Gasteiger partial charge on any atom is -0.342 e. The summed E-state index contributed by atoms with van der Waals surface area (Å²) in [5, 5.41) is 9.12. The van der Waals surface area contributed by atoms with Crippen molar-refractivity contribution in [2.24, 2.45) is 0 Å². The highest BCUT2D eigenvalue weighted by atomic mass is 15.1. The molecule has 1 aromatic carbocycles. The molecule has 0 aliphatic heterocycles. The molecule has 1 aromatic heterocycles. The largest absolute Gasteiger partial charge is 0.342 e. The molecule has 18 heavy (non-hydrogen) atoms. The predicted molar refractivity (Wildman–Crippen MR) is 72.9 cm³/mol. The second kappa shape index (κ2) is 4.89. The summed E-state index contributed by atoms with van der Waals surface area (Å²) in [6, 6.07) is 10.2. The van der Waals surface area contributed by atoms with Crippen LogP contribution in [0.15, 0.2) is 36.7 Å². The van der Waals surface area contributed by atoms with E-state index in [0.717, 1.165) is 11.4 Å². The smallest absolute Gasteiger partial charge is 0.101 e. The van der Waals surface area contributed by atoms with Crippen molar-refractivity contribution >= 4 is 11.4 Å². The first-order chi connectivity index (χ1) is 8.63. The van der Waals surface area contributed by atoms with E-state index in [1.165, 1.54) is 11.1 Å². The number of pyridine rings is 1. The van der Waals surface area contributed by atoms with Crippen LogP contribution in [0.2, 0.25) is 0 Å². The summed E-state index contributed by atoms with van der Waals surface area (Å²) in [6.07, 6.45) is 3.36. The third-order valence-electron chi connectivity index (χ3n) is 3.00. The van der Waals surface area contributed by atoms with Gasteiger partial charge in [0.1, 0.15) is 6.07 Å². The number of anilines is 2. The number of aryl methyl sites for hydroxylation is 2. The van der Waals surface area contributed by atoms with Gasteiger partial charge in [0.2, 0.25) is 0 Å². The third-order valence-corrected chi connectivity index (χ3v) is 3.00. The number of rotatable bonds is 2. The van der Waals surface area contributed by atoms with Crippen molar-refractivity contribution in [1.29, 1.82) is 5.26 Å². The van der Waals surface area contributed by atoms with Crippen LogP contribution >= 0.6 is 0 Å². The van der Waals surface area contributed by atoms with Crippen molar-refractivity contribution in [3.05, 3.63) is 53.3 Å². The van der Waals surface area contributed by atoms with E-state index < -0.39 is 0 Å². The van der Waals surface area contributed by atoms with Gasteiger partial charge in [0, 0.05) is 18.9 Å². The van der Waals surface area contributed by atoms with E-state index in [1.54, 1.807) is 18.5 Å². The standard InChI is InChI=1S/C15H15N3/c1-11-4-5-14(12(2)8-11)18(3)15-10-17-7-6-13(15)9-16/h4-8,10H,1-3H3. The van der Waals surface area contributed by atoms with Gasteiger partial charge in [-0.15, -0.1) is 0 Å². The van der Waals surface area contributed by atoms with Gasteiger partial charge in [0.05, 0.1) is 17.4 Å². The fraction of sp³-hybridized carbons (Fsp3) is 0.200. The molecule has 3 nitrogen and oxygen atoms in total. The van der Waals surface area contributed by atoms with Crippen LogP contribution in [0.1, 0.15) is 16.7 Å². The summed E-state index contributed by atoms with van der Waals surface area (Å²) in [4.78, 5) is 6.09. The maximum atomic E-state index is 9.12. The van der Waals surface area contributed by atoms with Gasteiger partial charge in [-0.05, 0) is 31.5 Å². The van der Waals surface area contributed by atoms with Gasteiger partial charge in [-0.1, -0.05) is 17.7 Å². The second-order valence-electron chi connectivity index (χ2n) is 4.35. The first-order valence-electron chi connectivity index (χ1n) is 5.78. The van der Waals surface area contributed by atoms with Crippen LogP contribution in [0.5, 0.6) is 0 Å². The SMILES string of the molecule is Cc1ccc(N(C)c2cnccc2C#N)c(C)c1. The highest BCUT2D eigenvalue weighted by Gasteiger charge is 2.11. The summed E-state index contributed by atoms with van der Waals surface area (Å²) in [5.41, 5.74) is 4.96. The van der Waals surface area contributed by atoms with E-state index in [-0.39, 0.29) is 0 Å². The van der Waals surface area contributed by atoms with E-state index in [9.17, 15) is 0 Å². The number of aromatic nitrogens is 1. The van der Waals surface area contributed by atoms with E-state index in [4.69, 9.17) is 5.26 Å². The Hall–Kier alpha value is -2.34. The summed E-state index contributed by atoms with van der Waals surface area (Å²) in [7, 11) is 1.95. The molecule has 0 amide bonds. The lowest BCUT2D eigenvalue weighted by Crippen LogP contribution is -2.12. The van der Waals surface area contributed by atoms with E-state index in [2.05, 4.69) is 43.1 Å². The number of hydrogen-bond acceptors (Lipinski definition) is 3. The molecule has 90 valence electrons. The number of benzene rings is 1. The van der Waals surface area contributed by atoms with Crippen molar-refractivity contribution < 1.29 is 0 Å². The lowest BCUT2D eigenvalue weighted by Gasteiger charge is -2.22. The van der Waals surface area contributed by atoms with Gasteiger partial charge in [-0.3, -0.25) is 4.98 Å². The summed E-state index contributed by atoms with van der Waals surface area (Å²) >= 11 is 0. The van der Waals surface area contributed by atoms with Crippen LogP contribution in [-0.2, 0) is 0 Å². The van der Waals surface area contributed by atoms with Gasteiger partial charge in [-0.2, -0.15) is 5.26 Å². The Morgan fingerprint density at radius 3 is 2.61 bits per heavy atom. The Balaban J connectivity index is 2.48. The first-order valence-corrected chi connectivity index (χ1v) is 5.78. The van der Waals surface area contributed by atoms with Crippen LogP contribution in [0.4, 0.5) is 11.4 Å². The van der Waals surface area contributed by atoms with Crippen LogP contribution in [0, 0.1) is 25.2 Å². The lowest BCUT2D eigenvalue weighted by atomic mass is 10.1. The first kappa shape index (κ1) is 12.1. The zero-order chi connectivity index (χ0) is 13.1. The zero-order valence-electron chi connectivity index (χ0n) is 10.8. The quantitative estimate of drug-likeness (QED) is 0.804. The molecular weight excluding hydrogens is 222 g/mol. The van der Waals surface area contributed by atoms with Crippen LogP contribution < -0.4 is 4.90 Å². The average Bonchev–Trinajstić information content (AvgIpc) is 2.38. The molecule has 0 radical (unpaired) electrons. The van der Waals surface area contributed by atoms with Crippen LogP contribution in [0.25, 0.3) is 0 Å². The van der Waals surface area contributed by atoms with E-state index in [0.29, 0.717) is 5.56 Å². The highest BCUT2D eigenvalue weighted by Crippen LogP contribution is 2.28. The molecule has 0 fully saturated rings. The van der Waals surface area contributed by atoms with E-state index in [1.807, 2.05) is 11.9 Å². The molecule has 0 aliphatic carbocycles. The molecule has 0 spiro atoms. The minimum absolute atomic E-state index is 0.632. The maximum Gasteiger partial charge on any atom is 0.101 e. The molecule has 0 saturated carbocycles. The van der Waals surface area contributed by atoms with Crippen molar-refractivity contribution in [2.45, 2.75) is 13.8 Å². The Morgan fingerprint density at radius 2 is 1.94 bits per heavy atom. The predicted octanol–water partition coefficient (Wildman–Crippen LogP) is 3.34.